The van der Waals surface area contributed by atoms with Crippen molar-refractivity contribution in [1.29, 1.82) is 0 Å². The van der Waals surface area contributed by atoms with Crippen molar-refractivity contribution in [3.8, 4) is 0 Å². The molecule has 1 unspecified atom stereocenters. The summed E-state index contributed by atoms with van der Waals surface area (Å²) < 4.78 is 3.42. The monoisotopic (exact) mass is 250 g/mol. The first kappa shape index (κ1) is 9.79. The number of hydrogen-bond donors (Lipinski definition) is 0. The molecule has 0 bridgehead atoms. The molecule has 0 radical (unpaired) electrons. The number of benzene rings is 1. The Morgan fingerprint density at radius 3 is 2.64 bits per heavy atom. The third-order valence-electron chi connectivity index (χ3n) is 2.23. The zero-order valence-corrected chi connectivity index (χ0v) is 11.2. The number of fused-ring (bicyclic) bond motifs is 1. The van der Waals surface area contributed by atoms with Gasteiger partial charge in [0.05, 0.1) is 0 Å². The molecule has 0 aliphatic heterocycles. The second kappa shape index (κ2) is 3.13. The average molecular weight is 250 g/mol. The number of aromatic nitrogens is 2. The van der Waals surface area contributed by atoms with Crippen molar-refractivity contribution in [3.63, 3.8) is 0 Å². The van der Waals surface area contributed by atoms with E-state index in [2.05, 4.69) is 48.8 Å². The number of hydrogen-bond acceptors (Lipinski definition) is 1. The predicted molar refractivity (Wildman–Crippen MR) is 62.9 cm³/mol. The Kier molecular flexibility index (Phi) is 2.19. The van der Waals surface area contributed by atoms with E-state index >= 15 is 0 Å². The summed E-state index contributed by atoms with van der Waals surface area (Å²) >= 11 is 1.66. The van der Waals surface area contributed by atoms with Gasteiger partial charge in [0.1, 0.15) is 0 Å². The minimum atomic E-state index is 0.0577. The molecule has 0 amide bonds. The fourth-order valence-electron chi connectivity index (χ4n) is 1.59. The molecule has 1 aromatic heterocycles. The zero-order chi connectivity index (χ0) is 10.3. The van der Waals surface area contributed by atoms with E-state index in [9.17, 15) is 0 Å². The van der Waals surface area contributed by atoms with E-state index in [1.54, 1.807) is 16.9 Å². The summed E-state index contributed by atoms with van der Waals surface area (Å²) in [6.07, 6.45) is 1.95. The molecule has 14 heavy (non-hydrogen) atoms. The molecule has 3 heteroatoms. The van der Waals surface area contributed by atoms with Crippen LogP contribution in [0.5, 0.6) is 0 Å². The van der Waals surface area contributed by atoms with Gasteiger partial charge in [-0.15, -0.1) is 0 Å². The van der Waals surface area contributed by atoms with Gasteiger partial charge < -0.3 is 0 Å². The van der Waals surface area contributed by atoms with Gasteiger partial charge in [0.25, 0.3) is 0 Å². The molecule has 1 heterocycles. The summed E-state index contributed by atoms with van der Waals surface area (Å²) in [6.45, 7) is 6.51. The Morgan fingerprint density at radius 2 is 2.00 bits per heavy atom. The first-order valence-corrected chi connectivity index (χ1v) is 5.93. The quantitative estimate of drug-likeness (QED) is 0.639. The van der Waals surface area contributed by atoms with Crippen molar-refractivity contribution >= 4 is 32.1 Å². The van der Waals surface area contributed by atoms with Crippen molar-refractivity contribution in [2.24, 2.45) is 0 Å². The molecule has 1 atom stereocenters. The number of rotatable bonds is 0. The number of nitrogens with zero attached hydrogens (tertiary/aromatic N) is 2. The molecule has 74 valence electrons. The van der Waals surface area contributed by atoms with Gasteiger partial charge in [-0.2, -0.15) is 0 Å². The second-order valence-corrected chi connectivity index (χ2v) is 5.94. The summed E-state index contributed by atoms with van der Waals surface area (Å²) in [5.41, 5.74) is 1.28. The molecule has 2 aromatic rings. The zero-order valence-electron chi connectivity index (χ0n) is 8.78. The van der Waals surface area contributed by atoms with E-state index in [1.807, 2.05) is 6.20 Å². The molecule has 0 fully saturated rings. The van der Waals surface area contributed by atoms with Crippen molar-refractivity contribution in [1.82, 2.24) is 9.78 Å². The fraction of sp³-hybridized carbons (Fsp3) is 0.364. The first-order chi connectivity index (χ1) is 6.48. The standard InChI is InChI=1S/C11H15AsN2/c1-11(2,3)14-10-5-4-9(12)6-8(10)7-13-14/h4-7H,12H2,1-3H3. The maximum absolute atomic E-state index is 4.43. The van der Waals surface area contributed by atoms with Gasteiger partial charge in [-0.3, -0.25) is 0 Å². The van der Waals surface area contributed by atoms with Crippen molar-refractivity contribution in [2.45, 2.75) is 26.3 Å². The van der Waals surface area contributed by atoms with Crippen LogP contribution in [0.1, 0.15) is 20.8 Å². The van der Waals surface area contributed by atoms with Crippen LogP contribution in [0.4, 0.5) is 0 Å². The maximum atomic E-state index is 4.43. The van der Waals surface area contributed by atoms with E-state index in [4.69, 9.17) is 0 Å². The second-order valence-electron chi connectivity index (χ2n) is 4.55. The Hall–Kier alpha value is -0.752. The van der Waals surface area contributed by atoms with Gasteiger partial charge >= 0.3 is 92.6 Å². The molecule has 0 aliphatic carbocycles. The molecule has 0 saturated carbocycles. The van der Waals surface area contributed by atoms with Crippen LogP contribution in [0.25, 0.3) is 10.9 Å². The van der Waals surface area contributed by atoms with E-state index in [-0.39, 0.29) is 5.54 Å². The third-order valence-corrected chi connectivity index (χ3v) is 2.98. The van der Waals surface area contributed by atoms with E-state index < -0.39 is 0 Å². The first-order valence-electron chi connectivity index (χ1n) is 4.72. The molecule has 2 nitrogen and oxygen atoms in total. The Bertz CT molecular complexity index is 466. The molecule has 0 N–H and O–H groups in total. The summed E-state index contributed by atoms with van der Waals surface area (Å²) in [5.74, 6) is 0. The molecule has 0 spiro atoms. The molecule has 1 aromatic carbocycles. The van der Waals surface area contributed by atoms with Crippen molar-refractivity contribution in [3.05, 3.63) is 24.4 Å². The van der Waals surface area contributed by atoms with Gasteiger partial charge in [0, 0.05) is 0 Å². The van der Waals surface area contributed by atoms with Crippen LogP contribution in [0.3, 0.4) is 0 Å². The summed E-state index contributed by atoms with van der Waals surface area (Å²) in [5, 5.41) is 5.67. The molecular weight excluding hydrogens is 235 g/mol. The topological polar surface area (TPSA) is 17.8 Å². The SMILES string of the molecule is CC(C)(C)n1ncc2cc([AsH2])ccc21. The third kappa shape index (κ3) is 1.59. The van der Waals surface area contributed by atoms with Crippen LogP contribution in [0, 0.1) is 0 Å². The fourth-order valence-corrected chi connectivity index (χ4v) is 2.16. The van der Waals surface area contributed by atoms with Crippen LogP contribution in [-0.2, 0) is 5.54 Å². The summed E-state index contributed by atoms with van der Waals surface area (Å²) in [7, 11) is 0. The molecular formula is C11H15AsN2. The van der Waals surface area contributed by atoms with E-state index in [0.717, 1.165) is 0 Å². The summed E-state index contributed by atoms with van der Waals surface area (Å²) in [4.78, 5) is 0. The van der Waals surface area contributed by atoms with Gasteiger partial charge in [0.2, 0.25) is 0 Å². The van der Waals surface area contributed by atoms with Crippen LogP contribution in [0.2, 0.25) is 0 Å². The summed E-state index contributed by atoms with van der Waals surface area (Å²) in [6, 6.07) is 6.52. The Morgan fingerprint density at radius 1 is 1.29 bits per heavy atom. The van der Waals surface area contributed by atoms with Gasteiger partial charge in [-0.05, 0) is 0 Å². The Labute approximate surface area is 92.8 Å². The van der Waals surface area contributed by atoms with Gasteiger partial charge in [0.15, 0.2) is 0 Å². The van der Waals surface area contributed by atoms with Crippen LogP contribution in [0.15, 0.2) is 24.4 Å². The normalized spacial score (nSPS) is 12.3. The minimum absolute atomic E-state index is 0.0577. The van der Waals surface area contributed by atoms with Crippen LogP contribution in [-0.4, -0.2) is 26.6 Å². The van der Waals surface area contributed by atoms with Crippen LogP contribution < -0.4 is 4.35 Å². The van der Waals surface area contributed by atoms with Crippen molar-refractivity contribution in [2.75, 3.05) is 0 Å². The predicted octanol–water partition coefficient (Wildman–Crippen LogP) is 1.05. The molecule has 0 aliphatic rings. The van der Waals surface area contributed by atoms with E-state index in [1.165, 1.54) is 15.3 Å². The van der Waals surface area contributed by atoms with Crippen molar-refractivity contribution < 1.29 is 0 Å². The van der Waals surface area contributed by atoms with E-state index in [0.29, 0.717) is 0 Å². The van der Waals surface area contributed by atoms with Gasteiger partial charge in [-0.1, -0.05) is 0 Å². The van der Waals surface area contributed by atoms with Crippen LogP contribution >= 0.6 is 0 Å². The average Bonchev–Trinajstić information content (AvgIpc) is 2.45. The molecule has 0 saturated heterocycles. The molecule has 2 rings (SSSR count). The Balaban J connectivity index is 2.70. The van der Waals surface area contributed by atoms with Gasteiger partial charge in [-0.25, -0.2) is 0 Å².